The van der Waals surface area contributed by atoms with Crippen molar-refractivity contribution in [3.63, 3.8) is 0 Å². The average Bonchev–Trinajstić information content (AvgIpc) is 2.88. The largest absolute Gasteiger partial charge is 0.508 e. The van der Waals surface area contributed by atoms with E-state index in [1.54, 1.807) is 31.3 Å². The van der Waals surface area contributed by atoms with E-state index >= 15 is 0 Å². The Kier molecular flexibility index (Phi) is 11.1. The van der Waals surface area contributed by atoms with Crippen molar-refractivity contribution < 1.29 is 36.9 Å². The van der Waals surface area contributed by atoms with Gasteiger partial charge in [-0.05, 0) is 68.7 Å². The van der Waals surface area contributed by atoms with Gasteiger partial charge in [-0.1, -0.05) is 63.6 Å². The number of aromatic hydroxyl groups is 2. The summed E-state index contributed by atoms with van der Waals surface area (Å²) in [4.78, 5) is 1.82. The van der Waals surface area contributed by atoms with Gasteiger partial charge in [0.15, 0.2) is 0 Å². The molecule has 1 heterocycles. The minimum absolute atomic E-state index is 0.180. The molecule has 2 aromatic carbocycles. The normalized spacial score (nSPS) is 19.4. The van der Waals surface area contributed by atoms with Crippen LogP contribution >= 0.6 is 0 Å². The third kappa shape index (κ3) is 8.48. The first kappa shape index (κ1) is 32.0. The topological polar surface area (TPSA) is 52.9 Å². The maximum atomic E-state index is 13.0. The van der Waals surface area contributed by atoms with Crippen molar-refractivity contribution in [3.8, 4) is 17.2 Å². The van der Waals surface area contributed by atoms with Gasteiger partial charge in [-0.2, -0.15) is 22.0 Å². The molecule has 0 radical (unpaired) electrons. The van der Waals surface area contributed by atoms with Crippen LogP contribution in [-0.2, 0) is 5.41 Å². The zero-order valence-corrected chi connectivity index (χ0v) is 23.5. The van der Waals surface area contributed by atoms with Crippen LogP contribution in [0.2, 0.25) is 0 Å². The summed E-state index contributed by atoms with van der Waals surface area (Å²) in [5.41, 5.74) is 1.92. The molecule has 1 aliphatic rings. The first-order chi connectivity index (χ1) is 18.8. The third-order valence-corrected chi connectivity index (χ3v) is 8.17. The van der Waals surface area contributed by atoms with E-state index in [-0.39, 0.29) is 35.8 Å². The Hall–Kier alpha value is -2.55. The van der Waals surface area contributed by atoms with E-state index in [2.05, 4.69) is 6.92 Å². The van der Waals surface area contributed by atoms with E-state index in [1.807, 2.05) is 23.1 Å². The summed E-state index contributed by atoms with van der Waals surface area (Å²) < 4.78 is 68.9. The molecule has 2 atom stereocenters. The Morgan fingerprint density at radius 1 is 0.825 bits per heavy atom. The molecule has 224 valence electrons. The lowest BCUT2D eigenvalue weighted by molar-refractivity contribution is -0.284. The van der Waals surface area contributed by atoms with Gasteiger partial charge in [-0.15, -0.1) is 0 Å². The van der Waals surface area contributed by atoms with E-state index in [4.69, 9.17) is 4.74 Å². The minimum atomic E-state index is -5.47. The Bertz CT molecular complexity index is 1060. The summed E-state index contributed by atoms with van der Waals surface area (Å²) in [5, 5.41) is 19.7. The van der Waals surface area contributed by atoms with E-state index < -0.39 is 18.5 Å². The summed E-state index contributed by atoms with van der Waals surface area (Å²) in [6.45, 7) is 3.59. The molecule has 3 rings (SSSR count). The molecule has 0 fully saturated rings. The number of ether oxygens (including phenoxy) is 1. The standard InChI is InChI=1S/C31H42F5NO3/c1-29(23-12-14-24(38)15-13-23)22-40-28-21-25(39)16-17-26(28)27(29)11-8-6-4-3-5-7-9-19-37(2)20-10-18-30(32,33)31(34,35)36/h12-17,21,27,38-39H,3-11,18-20,22H2,1-2H3. The molecule has 0 saturated carbocycles. The summed E-state index contributed by atoms with van der Waals surface area (Å²) in [6, 6.07) is 12.6. The zero-order chi connectivity index (χ0) is 29.4. The molecule has 0 aliphatic carbocycles. The van der Waals surface area contributed by atoms with Crippen molar-refractivity contribution in [2.24, 2.45) is 0 Å². The van der Waals surface area contributed by atoms with Crippen molar-refractivity contribution in [2.75, 3.05) is 26.7 Å². The lowest BCUT2D eigenvalue weighted by Crippen LogP contribution is -2.40. The van der Waals surface area contributed by atoms with Crippen LogP contribution in [0, 0.1) is 0 Å². The number of alkyl halides is 5. The number of benzene rings is 2. The lowest BCUT2D eigenvalue weighted by atomic mass is 9.66. The number of hydrogen-bond acceptors (Lipinski definition) is 4. The Labute approximate surface area is 234 Å². The molecule has 2 aromatic rings. The van der Waals surface area contributed by atoms with Crippen LogP contribution in [0.5, 0.6) is 17.2 Å². The molecule has 0 amide bonds. The number of phenolic OH excluding ortho intramolecular Hbond substituents is 2. The van der Waals surface area contributed by atoms with Gasteiger partial charge in [-0.3, -0.25) is 0 Å². The van der Waals surface area contributed by atoms with E-state index in [0.29, 0.717) is 13.2 Å². The number of halogens is 5. The quantitative estimate of drug-likeness (QED) is 0.166. The fourth-order valence-corrected chi connectivity index (χ4v) is 5.65. The van der Waals surface area contributed by atoms with Gasteiger partial charge in [0.2, 0.25) is 0 Å². The SMILES string of the molecule is CN(CCCCCCCCCC1c2ccc(O)cc2OCC1(C)c1ccc(O)cc1)CCCC(F)(F)C(F)(F)F. The number of unbranched alkanes of at least 4 members (excludes halogenated alkanes) is 6. The smallest absolute Gasteiger partial charge is 0.453 e. The molecule has 2 N–H and O–H groups in total. The molecule has 0 bridgehead atoms. The van der Waals surface area contributed by atoms with Crippen molar-refractivity contribution >= 4 is 0 Å². The van der Waals surface area contributed by atoms with Crippen molar-refractivity contribution in [1.29, 1.82) is 0 Å². The Morgan fingerprint density at radius 2 is 1.40 bits per heavy atom. The van der Waals surface area contributed by atoms with Gasteiger partial charge in [0.1, 0.15) is 17.2 Å². The number of hydrogen-bond donors (Lipinski definition) is 2. The first-order valence-electron chi connectivity index (χ1n) is 14.2. The molecule has 40 heavy (non-hydrogen) atoms. The van der Waals surface area contributed by atoms with Crippen LogP contribution in [0.3, 0.4) is 0 Å². The van der Waals surface area contributed by atoms with Crippen LogP contribution in [-0.4, -0.2) is 54.0 Å². The number of nitrogens with zero attached hydrogens (tertiary/aromatic N) is 1. The van der Waals surface area contributed by atoms with Gasteiger partial charge in [0.05, 0.1) is 6.61 Å². The van der Waals surface area contributed by atoms with E-state index in [0.717, 1.165) is 68.2 Å². The average molecular weight is 572 g/mol. The van der Waals surface area contributed by atoms with Gasteiger partial charge >= 0.3 is 12.1 Å². The maximum Gasteiger partial charge on any atom is 0.453 e. The lowest BCUT2D eigenvalue weighted by Gasteiger charge is -2.43. The molecule has 0 aromatic heterocycles. The molecule has 4 nitrogen and oxygen atoms in total. The van der Waals surface area contributed by atoms with Crippen molar-refractivity contribution in [2.45, 2.75) is 94.6 Å². The fraction of sp³-hybridized carbons (Fsp3) is 0.613. The summed E-state index contributed by atoms with van der Waals surface area (Å²) in [6.07, 6.45) is 1.41. The van der Waals surface area contributed by atoms with Gasteiger partial charge < -0.3 is 19.8 Å². The fourth-order valence-electron chi connectivity index (χ4n) is 5.65. The van der Waals surface area contributed by atoms with E-state index in [9.17, 15) is 32.2 Å². The highest BCUT2D eigenvalue weighted by atomic mass is 19.4. The maximum absolute atomic E-state index is 13.0. The van der Waals surface area contributed by atoms with Gasteiger partial charge in [-0.25, -0.2) is 0 Å². The number of phenols is 2. The van der Waals surface area contributed by atoms with Gasteiger partial charge in [0.25, 0.3) is 0 Å². The molecule has 1 aliphatic heterocycles. The molecule has 2 unspecified atom stereocenters. The molecule has 0 spiro atoms. The zero-order valence-electron chi connectivity index (χ0n) is 23.5. The number of rotatable bonds is 15. The van der Waals surface area contributed by atoms with Gasteiger partial charge in [0, 0.05) is 23.8 Å². The van der Waals surface area contributed by atoms with Crippen LogP contribution in [0.4, 0.5) is 22.0 Å². The highest BCUT2D eigenvalue weighted by Gasteiger charge is 2.56. The van der Waals surface area contributed by atoms with Crippen LogP contribution in [0.15, 0.2) is 42.5 Å². The second-order valence-corrected chi connectivity index (χ2v) is 11.4. The molecule has 0 saturated heterocycles. The van der Waals surface area contributed by atoms with Crippen LogP contribution < -0.4 is 4.74 Å². The van der Waals surface area contributed by atoms with Crippen molar-refractivity contribution in [3.05, 3.63) is 53.6 Å². The number of fused-ring (bicyclic) bond motifs is 1. The minimum Gasteiger partial charge on any atom is -0.508 e. The Morgan fingerprint density at radius 3 is 2.05 bits per heavy atom. The van der Waals surface area contributed by atoms with Crippen molar-refractivity contribution in [1.82, 2.24) is 4.90 Å². The summed E-state index contributed by atoms with van der Waals surface area (Å²) in [7, 11) is 1.76. The highest BCUT2D eigenvalue weighted by molar-refractivity contribution is 5.48. The highest BCUT2D eigenvalue weighted by Crippen LogP contribution is 2.49. The van der Waals surface area contributed by atoms with E-state index in [1.165, 1.54) is 0 Å². The molecule has 9 heteroatoms. The molecular formula is C31H42F5NO3. The monoisotopic (exact) mass is 571 g/mol. The predicted molar refractivity (Wildman–Crippen MR) is 146 cm³/mol. The second kappa shape index (κ2) is 13.9. The Balaban J connectivity index is 1.38. The predicted octanol–water partition coefficient (Wildman–Crippen LogP) is 8.56. The second-order valence-electron chi connectivity index (χ2n) is 11.4. The van der Waals surface area contributed by atoms with Crippen LogP contribution in [0.1, 0.15) is 88.2 Å². The summed E-state index contributed by atoms with van der Waals surface area (Å²) in [5.74, 6) is -3.29. The summed E-state index contributed by atoms with van der Waals surface area (Å²) >= 11 is 0. The third-order valence-electron chi connectivity index (χ3n) is 8.17. The molecular weight excluding hydrogens is 529 g/mol. The first-order valence-corrected chi connectivity index (χ1v) is 14.2. The van der Waals surface area contributed by atoms with Crippen LogP contribution in [0.25, 0.3) is 0 Å².